The van der Waals surface area contributed by atoms with Crippen LogP contribution in [0.4, 0.5) is 11.4 Å². The van der Waals surface area contributed by atoms with Crippen LogP contribution in [0.2, 0.25) is 0 Å². The third kappa shape index (κ3) is 10.3. The predicted molar refractivity (Wildman–Crippen MR) is 123 cm³/mol. The molecule has 5 nitrogen and oxygen atoms in total. The molecule has 0 saturated heterocycles. The summed E-state index contributed by atoms with van der Waals surface area (Å²) < 4.78 is 0. The molecule has 0 radical (unpaired) electrons. The Morgan fingerprint density at radius 2 is 1.00 bits per heavy atom. The molecule has 0 aromatic heterocycles. The Morgan fingerprint density at radius 3 is 1.43 bits per heavy atom. The molecule has 0 unspecified atom stereocenters. The van der Waals surface area contributed by atoms with Crippen molar-refractivity contribution < 1.29 is 0 Å². The van der Waals surface area contributed by atoms with Crippen molar-refractivity contribution in [3.8, 4) is 0 Å². The molecule has 0 aliphatic carbocycles. The zero-order valence-corrected chi connectivity index (χ0v) is 18.6. The van der Waals surface area contributed by atoms with Gasteiger partial charge in [0.15, 0.2) is 0 Å². The minimum Gasteiger partial charge on any atom is -0.380 e. The van der Waals surface area contributed by atoms with Crippen LogP contribution in [0, 0.1) is 0 Å². The van der Waals surface area contributed by atoms with Gasteiger partial charge in [-0.2, -0.15) is 0 Å². The lowest BCUT2D eigenvalue weighted by Crippen LogP contribution is -2.38. The summed E-state index contributed by atoms with van der Waals surface area (Å²) in [5.74, 6) is 0. The highest BCUT2D eigenvalue weighted by atomic mass is 16.2. The van der Waals surface area contributed by atoms with Gasteiger partial charge in [-0.25, -0.2) is 0 Å². The van der Waals surface area contributed by atoms with E-state index in [1.165, 1.54) is 77.0 Å². The van der Waals surface area contributed by atoms with E-state index in [1.807, 2.05) is 19.0 Å². The third-order valence-electron chi connectivity index (χ3n) is 5.35. The lowest BCUT2D eigenvalue weighted by atomic mass is 10.0. The van der Waals surface area contributed by atoms with Crippen LogP contribution < -0.4 is 21.5 Å². The average molecular weight is 394 g/mol. The SMILES string of the molecule is CCCCCCCCCCCCCCCNc1c(NCCN(C)C)c(=O)c1=O. The number of hydrogen-bond donors (Lipinski definition) is 2. The Kier molecular flexibility index (Phi) is 13.7. The minimum absolute atomic E-state index is 0.373. The Hall–Kier alpha value is -1.36. The normalized spacial score (nSPS) is 11.4. The van der Waals surface area contributed by atoms with Crippen LogP contribution in [-0.4, -0.2) is 38.6 Å². The summed E-state index contributed by atoms with van der Waals surface area (Å²) in [6, 6.07) is 0. The second kappa shape index (κ2) is 15.5. The summed E-state index contributed by atoms with van der Waals surface area (Å²) >= 11 is 0. The van der Waals surface area contributed by atoms with Crippen LogP contribution in [0.1, 0.15) is 90.4 Å². The highest BCUT2D eigenvalue weighted by molar-refractivity contribution is 5.73. The summed E-state index contributed by atoms with van der Waals surface area (Å²) in [6.07, 6.45) is 17.3. The molecular weight excluding hydrogens is 350 g/mol. The van der Waals surface area contributed by atoms with Crippen molar-refractivity contribution in [1.29, 1.82) is 0 Å². The van der Waals surface area contributed by atoms with Crippen LogP contribution in [0.25, 0.3) is 0 Å². The van der Waals surface area contributed by atoms with Gasteiger partial charge >= 0.3 is 0 Å². The average Bonchev–Trinajstić information content (AvgIpc) is 2.68. The van der Waals surface area contributed by atoms with E-state index in [1.54, 1.807) is 0 Å². The van der Waals surface area contributed by atoms with E-state index < -0.39 is 0 Å². The number of rotatable bonds is 19. The molecule has 0 fully saturated rings. The second-order valence-electron chi connectivity index (χ2n) is 8.31. The molecule has 1 aromatic carbocycles. The lowest BCUT2D eigenvalue weighted by molar-refractivity contribution is 0.425. The molecule has 162 valence electrons. The third-order valence-corrected chi connectivity index (χ3v) is 5.35. The second-order valence-corrected chi connectivity index (χ2v) is 8.31. The lowest BCUT2D eigenvalue weighted by Gasteiger charge is -2.16. The zero-order chi connectivity index (χ0) is 20.6. The summed E-state index contributed by atoms with van der Waals surface area (Å²) in [6.45, 7) is 4.54. The van der Waals surface area contributed by atoms with E-state index in [0.29, 0.717) is 17.9 Å². The molecule has 0 heterocycles. The molecule has 0 aliphatic rings. The van der Waals surface area contributed by atoms with Gasteiger partial charge in [-0.05, 0) is 20.5 Å². The van der Waals surface area contributed by atoms with E-state index in [9.17, 15) is 9.59 Å². The van der Waals surface area contributed by atoms with Crippen molar-refractivity contribution in [2.45, 2.75) is 90.4 Å². The number of unbranched alkanes of at least 4 members (excludes halogenated alkanes) is 12. The molecule has 1 rings (SSSR count). The molecule has 0 saturated carbocycles. The number of hydrogen-bond acceptors (Lipinski definition) is 5. The van der Waals surface area contributed by atoms with E-state index >= 15 is 0 Å². The molecule has 1 aromatic rings. The molecule has 0 amide bonds. The van der Waals surface area contributed by atoms with E-state index in [4.69, 9.17) is 0 Å². The maximum atomic E-state index is 11.7. The molecule has 0 aliphatic heterocycles. The van der Waals surface area contributed by atoms with Gasteiger partial charge in [0, 0.05) is 19.6 Å². The maximum Gasteiger partial charge on any atom is 0.253 e. The van der Waals surface area contributed by atoms with E-state index in [-0.39, 0.29) is 10.9 Å². The summed E-state index contributed by atoms with van der Waals surface area (Å²) in [5, 5.41) is 6.25. The number of nitrogens with one attached hydrogen (secondary N) is 2. The minimum atomic E-state index is -0.383. The molecule has 0 spiro atoms. The van der Waals surface area contributed by atoms with Crippen LogP contribution >= 0.6 is 0 Å². The molecular formula is C23H43N3O2. The number of nitrogens with zero attached hydrogens (tertiary/aromatic N) is 1. The van der Waals surface area contributed by atoms with Crippen LogP contribution in [0.15, 0.2) is 9.59 Å². The smallest absolute Gasteiger partial charge is 0.253 e. The van der Waals surface area contributed by atoms with Crippen LogP contribution in [0.5, 0.6) is 0 Å². The number of anilines is 2. The monoisotopic (exact) mass is 393 g/mol. The van der Waals surface area contributed by atoms with Gasteiger partial charge in [0.1, 0.15) is 11.4 Å². The van der Waals surface area contributed by atoms with Gasteiger partial charge in [-0.1, -0.05) is 84.0 Å². The standard InChI is InChI=1S/C23H43N3O2/c1-4-5-6-7-8-9-10-11-12-13-14-15-16-17-24-20-21(23(28)22(20)27)25-18-19-26(2)3/h24-25H,4-19H2,1-3H3. The van der Waals surface area contributed by atoms with Gasteiger partial charge in [0.25, 0.3) is 10.9 Å². The van der Waals surface area contributed by atoms with Gasteiger partial charge in [-0.3, -0.25) is 9.59 Å². The Morgan fingerprint density at radius 1 is 0.607 bits per heavy atom. The van der Waals surface area contributed by atoms with Crippen LogP contribution in [-0.2, 0) is 0 Å². The first kappa shape index (κ1) is 24.7. The summed E-state index contributed by atoms with van der Waals surface area (Å²) in [5.41, 5.74) is 0.206. The molecule has 0 bridgehead atoms. The topological polar surface area (TPSA) is 61.4 Å². The van der Waals surface area contributed by atoms with Gasteiger partial charge in [0.05, 0.1) is 0 Å². The fraction of sp³-hybridized carbons (Fsp3) is 0.826. The molecule has 28 heavy (non-hydrogen) atoms. The fourth-order valence-corrected chi connectivity index (χ4v) is 3.49. The zero-order valence-electron chi connectivity index (χ0n) is 18.6. The van der Waals surface area contributed by atoms with Crippen molar-refractivity contribution in [2.24, 2.45) is 0 Å². The van der Waals surface area contributed by atoms with Crippen molar-refractivity contribution in [3.05, 3.63) is 20.4 Å². The van der Waals surface area contributed by atoms with Gasteiger partial charge < -0.3 is 15.5 Å². The van der Waals surface area contributed by atoms with Crippen molar-refractivity contribution >= 4 is 11.4 Å². The summed E-state index contributed by atoms with van der Waals surface area (Å²) in [7, 11) is 3.97. The first-order chi connectivity index (χ1) is 13.6. The van der Waals surface area contributed by atoms with Crippen LogP contribution in [0.3, 0.4) is 0 Å². The Balaban J connectivity index is 1.97. The maximum absolute atomic E-state index is 11.7. The molecule has 0 atom stereocenters. The summed E-state index contributed by atoms with van der Waals surface area (Å²) in [4.78, 5) is 25.4. The molecule has 5 heteroatoms. The fourth-order valence-electron chi connectivity index (χ4n) is 3.49. The molecule has 2 N–H and O–H groups in total. The highest BCUT2D eigenvalue weighted by Gasteiger charge is 2.19. The van der Waals surface area contributed by atoms with Gasteiger partial charge in [-0.15, -0.1) is 0 Å². The highest BCUT2D eigenvalue weighted by Crippen LogP contribution is 2.15. The Bertz CT molecular complexity index is 577. The van der Waals surface area contributed by atoms with E-state index in [0.717, 1.165) is 19.5 Å². The van der Waals surface area contributed by atoms with E-state index in [2.05, 4.69) is 17.6 Å². The predicted octanol–water partition coefficient (Wildman–Crippen LogP) is 4.76. The van der Waals surface area contributed by atoms with Crippen molar-refractivity contribution in [1.82, 2.24) is 4.90 Å². The largest absolute Gasteiger partial charge is 0.380 e. The Labute approximate surface area is 172 Å². The first-order valence-electron chi connectivity index (χ1n) is 11.5. The quantitative estimate of drug-likeness (QED) is 0.262. The first-order valence-corrected chi connectivity index (χ1v) is 11.5. The van der Waals surface area contributed by atoms with Crippen molar-refractivity contribution in [2.75, 3.05) is 44.4 Å². The number of likely N-dealkylation sites (N-methyl/N-ethyl adjacent to an activating group) is 1. The van der Waals surface area contributed by atoms with Crippen molar-refractivity contribution in [3.63, 3.8) is 0 Å². The van der Waals surface area contributed by atoms with Gasteiger partial charge in [0.2, 0.25) is 0 Å².